The summed E-state index contributed by atoms with van der Waals surface area (Å²) < 4.78 is 31.3. The third-order valence-corrected chi connectivity index (χ3v) is 7.86. The topological polar surface area (TPSA) is 111 Å². The van der Waals surface area contributed by atoms with E-state index in [0.29, 0.717) is 16.9 Å². The van der Waals surface area contributed by atoms with E-state index in [-0.39, 0.29) is 23.2 Å². The summed E-state index contributed by atoms with van der Waals surface area (Å²) in [5.74, 6) is -2.56. The third kappa shape index (κ3) is 4.08. The molecule has 1 saturated heterocycles. The fourth-order valence-electron chi connectivity index (χ4n) is 5.64. The zero-order valence-electron chi connectivity index (χ0n) is 21.9. The van der Waals surface area contributed by atoms with Crippen LogP contribution in [0, 0.1) is 24.0 Å². The zero-order valence-corrected chi connectivity index (χ0v) is 21.9. The molecule has 2 aliphatic rings. The van der Waals surface area contributed by atoms with Crippen LogP contribution in [-0.4, -0.2) is 44.6 Å². The van der Waals surface area contributed by atoms with Gasteiger partial charge in [0.2, 0.25) is 0 Å². The number of para-hydroxylation sites is 1. The number of nitrogens with zero attached hydrogens (tertiary/aromatic N) is 5. The Kier molecular flexibility index (Phi) is 5.79. The number of hydrogen-bond acceptors (Lipinski definition) is 6. The van der Waals surface area contributed by atoms with Crippen LogP contribution in [0.25, 0.3) is 16.6 Å². The molecule has 0 unspecified atom stereocenters. The van der Waals surface area contributed by atoms with Gasteiger partial charge in [-0.25, -0.2) is 8.78 Å². The first-order valence-corrected chi connectivity index (χ1v) is 13.0. The number of amides is 1. The van der Waals surface area contributed by atoms with Gasteiger partial charge < -0.3 is 16.0 Å². The average molecular weight is 534 g/mol. The van der Waals surface area contributed by atoms with E-state index in [1.54, 1.807) is 0 Å². The van der Waals surface area contributed by atoms with Crippen molar-refractivity contribution in [2.75, 3.05) is 23.3 Å². The lowest BCUT2D eigenvalue weighted by molar-refractivity contribution is 0.102. The monoisotopic (exact) mass is 533 g/mol. The van der Waals surface area contributed by atoms with Crippen molar-refractivity contribution in [1.29, 1.82) is 0 Å². The molecule has 2 fully saturated rings. The SMILES string of the molecule is Cc1nn(C(C)C)c2ccc(NC(=O)c3ccc(=O)n(-c4c(F)cccc4F)n3)c(N3C[C@H](N)C4(CC4)C3)c12. The lowest BCUT2D eigenvalue weighted by Crippen LogP contribution is -2.30. The first-order valence-electron chi connectivity index (χ1n) is 13.0. The minimum absolute atomic E-state index is 0.0256. The van der Waals surface area contributed by atoms with Gasteiger partial charge in [0.15, 0.2) is 11.6 Å². The van der Waals surface area contributed by atoms with Crippen LogP contribution in [-0.2, 0) is 0 Å². The highest BCUT2D eigenvalue weighted by Crippen LogP contribution is 2.54. The number of carbonyl (C=O) groups excluding carboxylic acids is 1. The zero-order chi connectivity index (χ0) is 27.6. The van der Waals surface area contributed by atoms with Crippen LogP contribution in [0.5, 0.6) is 0 Å². The highest BCUT2D eigenvalue weighted by molar-refractivity contribution is 6.09. The molecule has 0 bridgehead atoms. The van der Waals surface area contributed by atoms with Gasteiger partial charge >= 0.3 is 0 Å². The maximum absolute atomic E-state index is 14.4. The Labute approximate surface area is 223 Å². The second-order valence-corrected chi connectivity index (χ2v) is 10.8. The van der Waals surface area contributed by atoms with Crippen molar-refractivity contribution in [3.05, 3.63) is 75.8 Å². The number of hydrogen-bond donors (Lipinski definition) is 2. The van der Waals surface area contributed by atoms with E-state index >= 15 is 0 Å². The number of fused-ring (bicyclic) bond motifs is 1. The van der Waals surface area contributed by atoms with Gasteiger partial charge in [-0.1, -0.05) is 6.07 Å². The predicted octanol–water partition coefficient (Wildman–Crippen LogP) is 3.93. The molecular formula is C28H29F2N7O2. The molecule has 3 N–H and O–H groups in total. The van der Waals surface area contributed by atoms with Crippen molar-refractivity contribution in [2.24, 2.45) is 11.1 Å². The maximum Gasteiger partial charge on any atom is 0.276 e. The van der Waals surface area contributed by atoms with E-state index in [9.17, 15) is 18.4 Å². The third-order valence-electron chi connectivity index (χ3n) is 7.86. The van der Waals surface area contributed by atoms with Crippen molar-refractivity contribution in [3.8, 4) is 5.69 Å². The fourth-order valence-corrected chi connectivity index (χ4v) is 5.64. The second-order valence-electron chi connectivity index (χ2n) is 10.8. The molecule has 11 heteroatoms. The number of rotatable bonds is 5. The lowest BCUT2D eigenvalue weighted by atomic mass is 10.0. The summed E-state index contributed by atoms with van der Waals surface area (Å²) in [5.41, 5.74) is 8.20. The smallest absolute Gasteiger partial charge is 0.276 e. The number of anilines is 2. The van der Waals surface area contributed by atoms with Crippen molar-refractivity contribution in [1.82, 2.24) is 19.6 Å². The normalized spacial score (nSPS) is 17.9. The average Bonchev–Trinajstić information content (AvgIpc) is 3.50. The molecule has 2 aromatic heterocycles. The number of aryl methyl sites for hydroxylation is 1. The Morgan fingerprint density at radius 3 is 2.44 bits per heavy atom. The molecule has 9 nitrogen and oxygen atoms in total. The Morgan fingerprint density at radius 2 is 1.79 bits per heavy atom. The summed E-state index contributed by atoms with van der Waals surface area (Å²) in [6.07, 6.45) is 2.15. The molecule has 39 heavy (non-hydrogen) atoms. The number of benzene rings is 2. The standard InChI is InChI=1S/C28H29F2N7O2/c1-15(2)36-21-9-7-19(26(24(21)16(3)33-36)35-13-22(31)28(14-35)11-12-28)32-27(39)20-8-10-23(38)37(34-20)25-17(29)5-4-6-18(25)30/h4-10,15,22H,11-14,31H2,1-3H3,(H,32,39)/t22-/m0/s1. The lowest BCUT2D eigenvalue weighted by Gasteiger charge is -2.24. The molecule has 0 radical (unpaired) electrons. The summed E-state index contributed by atoms with van der Waals surface area (Å²) in [6, 6.07) is 9.43. The summed E-state index contributed by atoms with van der Waals surface area (Å²) in [5, 5.41) is 12.6. The van der Waals surface area contributed by atoms with Crippen LogP contribution in [0.15, 0.2) is 47.3 Å². The van der Waals surface area contributed by atoms with Gasteiger partial charge in [0.05, 0.1) is 22.6 Å². The van der Waals surface area contributed by atoms with Crippen LogP contribution < -0.4 is 21.5 Å². The van der Waals surface area contributed by atoms with E-state index in [2.05, 4.69) is 29.2 Å². The number of nitrogens with one attached hydrogen (secondary N) is 1. The summed E-state index contributed by atoms with van der Waals surface area (Å²) >= 11 is 0. The van der Waals surface area contributed by atoms with E-state index < -0.39 is 28.8 Å². The van der Waals surface area contributed by atoms with Gasteiger partial charge in [0.1, 0.15) is 11.4 Å². The van der Waals surface area contributed by atoms with E-state index in [0.717, 1.165) is 59.9 Å². The highest BCUT2D eigenvalue weighted by Gasteiger charge is 2.54. The summed E-state index contributed by atoms with van der Waals surface area (Å²) in [4.78, 5) is 28.1. The van der Waals surface area contributed by atoms with Crippen LogP contribution >= 0.6 is 0 Å². The van der Waals surface area contributed by atoms with E-state index in [4.69, 9.17) is 10.8 Å². The van der Waals surface area contributed by atoms with Gasteiger partial charge in [-0.15, -0.1) is 0 Å². The molecule has 202 valence electrons. The molecule has 1 atom stereocenters. The Hall–Kier alpha value is -4.12. The minimum Gasteiger partial charge on any atom is -0.367 e. The fraction of sp³-hybridized carbons (Fsp3) is 0.357. The summed E-state index contributed by atoms with van der Waals surface area (Å²) in [7, 11) is 0. The molecule has 2 aromatic carbocycles. The predicted molar refractivity (Wildman–Crippen MR) is 144 cm³/mol. The molecule has 1 aliphatic carbocycles. The van der Waals surface area contributed by atoms with Gasteiger partial charge in [-0.2, -0.15) is 14.9 Å². The van der Waals surface area contributed by atoms with Crippen LogP contribution in [0.4, 0.5) is 20.2 Å². The molecule has 1 aliphatic heterocycles. The first kappa shape index (κ1) is 25.2. The first-order chi connectivity index (χ1) is 18.6. The molecule has 1 spiro atoms. The number of aromatic nitrogens is 4. The molecule has 4 aromatic rings. The molecule has 6 rings (SSSR count). The minimum atomic E-state index is -0.966. The van der Waals surface area contributed by atoms with Gasteiger partial charge in [0, 0.05) is 42.0 Å². The molecule has 3 heterocycles. The van der Waals surface area contributed by atoms with Crippen LogP contribution in [0.1, 0.15) is 48.9 Å². The second kappa shape index (κ2) is 8.98. The van der Waals surface area contributed by atoms with Crippen molar-refractivity contribution >= 4 is 28.2 Å². The van der Waals surface area contributed by atoms with Crippen molar-refractivity contribution < 1.29 is 13.6 Å². The Morgan fingerprint density at radius 1 is 1.08 bits per heavy atom. The highest BCUT2D eigenvalue weighted by atomic mass is 19.1. The van der Waals surface area contributed by atoms with Gasteiger partial charge in [-0.3, -0.25) is 14.3 Å². The van der Waals surface area contributed by atoms with Crippen molar-refractivity contribution in [3.63, 3.8) is 0 Å². The Balaban J connectivity index is 1.43. The maximum atomic E-state index is 14.4. The molecule has 1 amide bonds. The molecular weight excluding hydrogens is 504 g/mol. The number of halogens is 2. The van der Waals surface area contributed by atoms with Crippen LogP contribution in [0.2, 0.25) is 0 Å². The van der Waals surface area contributed by atoms with E-state index in [1.165, 1.54) is 12.1 Å². The van der Waals surface area contributed by atoms with Crippen molar-refractivity contribution in [2.45, 2.75) is 45.7 Å². The quantitative estimate of drug-likeness (QED) is 0.402. The van der Waals surface area contributed by atoms with E-state index in [1.807, 2.05) is 23.7 Å². The van der Waals surface area contributed by atoms with Gasteiger partial charge in [0.25, 0.3) is 11.5 Å². The van der Waals surface area contributed by atoms with Gasteiger partial charge in [-0.05, 0) is 63.9 Å². The van der Waals surface area contributed by atoms with Crippen LogP contribution in [0.3, 0.4) is 0 Å². The number of carbonyl (C=O) groups is 1. The largest absolute Gasteiger partial charge is 0.367 e. The molecule has 1 saturated carbocycles. The Bertz CT molecular complexity index is 1670. The number of nitrogens with two attached hydrogens (primary N) is 1. The summed E-state index contributed by atoms with van der Waals surface area (Å²) in [6.45, 7) is 7.48.